The highest BCUT2D eigenvalue weighted by atomic mass is 19.1. The molecule has 0 heterocycles. The SMILES string of the molecule is CC(CCN)c1ccc(Oc2ccc(F)cc2F)cc1. The van der Waals surface area contributed by atoms with Crippen LogP contribution in [0.25, 0.3) is 0 Å². The summed E-state index contributed by atoms with van der Waals surface area (Å²) in [6.45, 7) is 2.74. The predicted octanol–water partition coefficient (Wildman–Crippen LogP) is 4.21. The highest BCUT2D eigenvalue weighted by Gasteiger charge is 2.08. The smallest absolute Gasteiger partial charge is 0.168 e. The average molecular weight is 277 g/mol. The van der Waals surface area contributed by atoms with Crippen molar-refractivity contribution in [2.75, 3.05) is 6.54 Å². The lowest BCUT2D eigenvalue weighted by Crippen LogP contribution is -2.04. The maximum absolute atomic E-state index is 13.5. The molecule has 2 rings (SSSR count). The Kier molecular flexibility index (Phi) is 4.69. The predicted molar refractivity (Wildman–Crippen MR) is 75.0 cm³/mol. The van der Waals surface area contributed by atoms with E-state index in [9.17, 15) is 8.78 Å². The van der Waals surface area contributed by atoms with Gasteiger partial charge in [0.25, 0.3) is 0 Å². The van der Waals surface area contributed by atoms with Gasteiger partial charge < -0.3 is 10.5 Å². The Hall–Kier alpha value is -1.94. The molecule has 0 saturated heterocycles. The molecule has 0 spiro atoms. The molecule has 0 aliphatic rings. The summed E-state index contributed by atoms with van der Waals surface area (Å²) in [5.41, 5.74) is 6.69. The van der Waals surface area contributed by atoms with Gasteiger partial charge in [-0.25, -0.2) is 8.78 Å². The third-order valence-electron chi connectivity index (χ3n) is 3.17. The van der Waals surface area contributed by atoms with Crippen molar-refractivity contribution in [1.82, 2.24) is 0 Å². The van der Waals surface area contributed by atoms with Crippen LogP contribution in [0.2, 0.25) is 0 Å². The summed E-state index contributed by atoms with van der Waals surface area (Å²) >= 11 is 0. The first-order valence-corrected chi connectivity index (χ1v) is 6.53. The molecule has 0 amide bonds. The second-order valence-electron chi connectivity index (χ2n) is 4.72. The van der Waals surface area contributed by atoms with Crippen LogP contribution < -0.4 is 10.5 Å². The quantitative estimate of drug-likeness (QED) is 0.888. The van der Waals surface area contributed by atoms with Crippen LogP contribution in [-0.2, 0) is 0 Å². The molecule has 106 valence electrons. The minimum absolute atomic E-state index is 0.00848. The first-order valence-electron chi connectivity index (χ1n) is 6.53. The maximum Gasteiger partial charge on any atom is 0.168 e. The largest absolute Gasteiger partial charge is 0.454 e. The van der Waals surface area contributed by atoms with Crippen molar-refractivity contribution in [1.29, 1.82) is 0 Å². The van der Waals surface area contributed by atoms with Crippen LogP contribution in [0.5, 0.6) is 11.5 Å². The molecule has 0 radical (unpaired) electrons. The molecule has 20 heavy (non-hydrogen) atoms. The lowest BCUT2D eigenvalue weighted by Gasteiger charge is -2.12. The zero-order valence-electron chi connectivity index (χ0n) is 11.3. The minimum Gasteiger partial charge on any atom is -0.454 e. The second kappa shape index (κ2) is 6.48. The minimum atomic E-state index is -0.717. The van der Waals surface area contributed by atoms with Gasteiger partial charge in [-0.15, -0.1) is 0 Å². The number of hydrogen-bond donors (Lipinski definition) is 1. The average Bonchev–Trinajstić information content (AvgIpc) is 2.43. The molecule has 0 bridgehead atoms. The Bertz CT molecular complexity index is 569. The standard InChI is InChI=1S/C16H17F2NO/c1-11(8-9-19)12-2-5-14(6-3-12)20-16-7-4-13(17)10-15(16)18/h2-7,10-11H,8-9,19H2,1H3. The molecule has 0 fully saturated rings. The van der Waals surface area contributed by atoms with E-state index in [0.717, 1.165) is 24.1 Å². The van der Waals surface area contributed by atoms with Crippen molar-refractivity contribution in [2.24, 2.45) is 5.73 Å². The molecule has 1 unspecified atom stereocenters. The summed E-state index contributed by atoms with van der Waals surface area (Å²) in [6, 6.07) is 10.6. The fourth-order valence-electron chi connectivity index (χ4n) is 1.97. The van der Waals surface area contributed by atoms with Gasteiger partial charge in [-0.3, -0.25) is 0 Å². The number of halogens is 2. The van der Waals surface area contributed by atoms with Crippen molar-refractivity contribution in [3.63, 3.8) is 0 Å². The van der Waals surface area contributed by atoms with Gasteiger partial charge in [0.05, 0.1) is 0 Å². The molecule has 4 heteroatoms. The summed E-state index contributed by atoms with van der Waals surface area (Å²) in [5, 5.41) is 0. The first-order chi connectivity index (χ1) is 9.60. The number of benzene rings is 2. The van der Waals surface area contributed by atoms with Gasteiger partial charge in [0.15, 0.2) is 11.6 Å². The molecular formula is C16H17F2NO. The molecule has 0 saturated carbocycles. The highest BCUT2D eigenvalue weighted by molar-refractivity contribution is 5.34. The van der Waals surface area contributed by atoms with Gasteiger partial charge in [0.1, 0.15) is 11.6 Å². The van der Waals surface area contributed by atoms with Gasteiger partial charge in [0, 0.05) is 6.07 Å². The van der Waals surface area contributed by atoms with Gasteiger partial charge in [0.2, 0.25) is 0 Å². The van der Waals surface area contributed by atoms with Crippen LogP contribution in [0.1, 0.15) is 24.8 Å². The molecule has 2 nitrogen and oxygen atoms in total. The van der Waals surface area contributed by atoms with E-state index in [2.05, 4.69) is 6.92 Å². The number of ether oxygens (including phenoxy) is 1. The number of rotatable bonds is 5. The molecule has 2 N–H and O–H groups in total. The van der Waals surface area contributed by atoms with Crippen molar-refractivity contribution in [2.45, 2.75) is 19.3 Å². The topological polar surface area (TPSA) is 35.2 Å². The molecule has 2 aromatic carbocycles. The van der Waals surface area contributed by atoms with E-state index in [1.807, 2.05) is 12.1 Å². The molecule has 2 aromatic rings. The van der Waals surface area contributed by atoms with Crippen LogP contribution in [0.4, 0.5) is 8.78 Å². The Morgan fingerprint density at radius 2 is 1.80 bits per heavy atom. The zero-order chi connectivity index (χ0) is 14.5. The van der Waals surface area contributed by atoms with E-state index in [-0.39, 0.29) is 5.75 Å². The van der Waals surface area contributed by atoms with Gasteiger partial charge in [-0.05, 0) is 48.7 Å². The van der Waals surface area contributed by atoms with Crippen molar-refractivity contribution >= 4 is 0 Å². The van der Waals surface area contributed by atoms with E-state index in [1.165, 1.54) is 6.07 Å². The summed E-state index contributed by atoms with van der Waals surface area (Å²) in [5.74, 6) is -0.448. The number of hydrogen-bond acceptors (Lipinski definition) is 2. The van der Waals surface area contributed by atoms with E-state index in [0.29, 0.717) is 18.2 Å². The molecule has 1 atom stereocenters. The van der Waals surface area contributed by atoms with Crippen molar-refractivity contribution < 1.29 is 13.5 Å². The second-order valence-corrected chi connectivity index (χ2v) is 4.72. The first kappa shape index (κ1) is 14.5. The monoisotopic (exact) mass is 277 g/mol. The van der Waals surface area contributed by atoms with Gasteiger partial charge in [-0.1, -0.05) is 19.1 Å². The summed E-state index contributed by atoms with van der Waals surface area (Å²) < 4.78 is 31.7. The fraction of sp³-hybridized carbons (Fsp3) is 0.250. The lowest BCUT2D eigenvalue weighted by molar-refractivity contribution is 0.437. The van der Waals surface area contributed by atoms with E-state index in [1.54, 1.807) is 12.1 Å². The Morgan fingerprint density at radius 1 is 1.10 bits per heavy atom. The lowest BCUT2D eigenvalue weighted by atomic mass is 9.98. The highest BCUT2D eigenvalue weighted by Crippen LogP contribution is 2.27. The maximum atomic E-state index is 13.5. The molecule has 0 aromatic heterocycles. The van der Waals surface area contributed by atoms with Gasteiger partial charge >= 0.3 is 0 Å². The van der Waals surface area contributed by atoms with E-state index >= 15 is 0 Å². The van der Waals surface area contributed by atoms with Crippen LogP contribution in [0.3, 0.4) is 0 Å². The number of nitrogens with two attached hydrogens (primary N) is 1. The summed E-state index contributed by atoms with van der Waals surface area (Å²) in [7, 11) is 0. The Balaban J connectivity index is 2.10. The normalized spacial score (nSPS) is 12.2. The van der Waals surface area contributed by atoms with Gasteiger partial charge in [-0.2, -0.15) is 0 Å². The zero-order valence-corrected chi connectivity index (χ0v) is 11.3. The molecule has 0 aliphatic carbocycles. The third-order valence-corrected chi connectivity index (χ3v) is 3.17. The van der Waals surface area contributed by atoms with Crippen LogP contribution in [-0.4, -0.2) is 6.54 Å². The van der Waals surface area contributed by atoms with Crippen LogP contribution >= 0.6 is 0 Å². The summed E-state index contributed by atoms with van der Waals surface area (Å²) in [6.07, 6.45) is 0.910. The molecule has 0 aliphatic heterocycles. The van der Waals surface area contributed by atoms with Crippen molar-refractivity contribution in [3.05, 3.63) is 59.7 Å². The summed E-state index contributed by atoms with van der Waals surface area (Å²) in [4.78, 5) is 0. The Morgan fingerprint density at radius 3 is 2.40 bits per heavy atom. The van der Waals surface area contributed by atoms with E-state index < -0.39 is 11.6 Å². The van der Waals surface area contributed by atoms with Crippen LogP contribution in [0.15, 0.2) is 42.5 Å². The molecular weight excluding hydrogens is 260 g/mol. The van der Waals surface area contributed by atoms with Crippen LogP contribution in [0, 0.1) is 11.6 Å². The Labute approximate surface area is 117 Å². The fourth-order valence-corrected chi connectivity index (χ4v) is 1.97. The van der Waals surface area contributed by atoms with E-state index in [4.69, 9.17) is 10.5 Å². The van der Waals surface area contributed by atoms with Crippen molar-refractivity contribution in [3.8, 4) is 11.5 Å². The third kappa shape index (κ3) is 3.54.